The maximum atomic E-state index is 6.20. The number of aryl methyl sites for hydroxylation is 1. The molecule has 8 heteroatoms. The smallest absolute Gasteiger partial charge is 0.233 e. The third-order valence-corrected chi connectivity index (χ3v) is 2.85. The number of hydrogen-bond acceptors (Lipinski definition) is 4. The lowest BCUT2D eigenvalue weighted by Crippen LogP contribution is -2.07. The first-order chi connectivity index (χ1) is 8.54. The van der Waals surface area contributed by atoms with Crippen molar-refractivity contribution in [3.8, 4) is 11.7 Å². The molecule has 2 aromatic rings. The fraction of sp³-hybridized carbons (Fsp3) is 0.300. The molecule has 18 heavy (non-hydrogen) atoms. The third-order valence-electron chi connectivity index (χ3n) is 2.29. The molecule has 6 nitrogen and oxygen atoms in total. The summed E-state index contributed by atoms with van der Waals surface area (Å²) >= 11 is 11.1. The minimum atomic E-state index is 0.276. The molecule has 0 atom stereocenters. The molecule has 0 saturated carbocycles. The van der Waals surface area contributed by atoms with Gasteiger partial charge < -0.3 is 10.5 Å². The summed E-state index contributed by atoms with van der Waals surface area (Å²) in [6.07, 6.45) is 3.24. The molecular weight excluding hydrogens is 274 g/mol. The molecule has 0 radical (unpaired) electrons. The molecule has 0 bridgehead atoms. The van der Waals surface area contributed by atoms with Gasteiger partial charge in [0, 0.05) is 18.8 Å². The number of rotatable bonds is 4. The first-order valence-corrected chi connectivity index (χ1v) is 6.03. The van der Waals surface area contributed by atoms with E-state index in [0.717, 1.165) is 0 Å². The van der Waals surface area contributed by atoms with Crippen molar-refractivity contribution in [1.29, 1.82) is 0 Å². The normalized spacial score (nSPS) is 10.6. The SMILES string of the molecule is CCOc1c(Cl)c(-n2cc(C(N)=S)cn2)nn1C. The Morgan fingerprint density at radius 1 is 1.61 bits per heavy atom. The van der Waals surface area contributed by atoms with Gasteiger partial charge in [-0.1, -0.05) is 23.8 Å². The van der Waals surface area contributed by atoms with Gasteiger partial charge in [-0.05, 0) is 6.92 Å². The molecule has 2 N–H and O–H groups in total. The second-order valence-electron chi connectivity index (χ2n) is 3.54. The fourth-order valence-electron chi connectivity index (χ4n) is 1.47. The van der Waals surface area contributed by atoms with Gasteiger partial charge in [0.2, 0.25) is 5.88 Å². The van der Waals surface area contributed by atoms with Crippen molar-refractivity contribution in [2.45, 2.75) is 6.92 Å². The van der Waals surface area contributed by atoms with Crippen LogP contribution in [-0.4, -0.2) is 31.2 Å². The number of nitrogens with zero attached hydrogens (tertiary/aromatic N) is 4. The van der Waals surface area contributed by atoms with Crippen molar-refractivity contribution in [3.63, 3.8) is 0 Å². The van der Waals surface area contributed by atoms with Crippen LogP contribution in [0.3, 0.4) is 0 Å². The van der Waals surface area contributed by atoms with E-state index in [1.165, 1.54) is 4.68 Å². The zero-order chi connectivity index (χ0) is 13.3. The zero-order valence-corrected chi connectivity index (χ0v) is 11.5. The lowest BCUT2D eigenvalue weighted by Gasteiger charge is -2.01. The maximum Gasteiger partial charge on any atom is 0.233 e. The molecule has 0 saturated heterocycles. The first-order valence-electron chi connectivity index (χ1n) is 5.24. The van der Waals surface area contributed by atoms with Crippen LogP contribution in [-0.2, 0) is 7.05 Å². The molecule has 2 rings (SSSR count). The summed E-state index contributed by atoms with van der Waals surface area (Å²) in [6, 6.07) is 0. The molecule has 0 spiro atoms. The van der Waals surface area contributed by atoms with E-state index in [4.69, 9.17) is 34.3 Å². The standard InChI is InChI=1S/C10H12ClN5OS/c1-3-17-10-7(11)9(14-15(10)2)16-5-6(4-13-16)8(12)18/h4-5H,3H2,1-2H3,(H2,12,18). The average Bonchev–Trinajstić information content (AvgIpc) is 2.89. The van der Waals surface area contributed by atoms with Gasteiger partial charge >= 0.3 is 0 Å². The van der Waals surface area contributed by atoms with Gasteiger partial charge in [0.05, 0.1) is 12.8 Å². The van der Waals surface area contributed by atoms with Gasteiger partial charge in [0.1, 0.15) is 10.0 Å². The Labute approximate surface area is 114 Å². The summed E-state index contributed by atoms with van der Waals surface area (Å²) < 4.78 is 8.47. The van der Waals surface area contributed by atoms with E-state index in [9.17, 15) is 0 Å². The molecule has 0 aliphatic rings. The van der Waals surface area contributed by atoms with Gasteiger partial charge in [0.25, 0.3) is 0 Å². The minimum absolute atomic E-state index is 0.276. The van der Waals surface area contributed by atoms with E-state index in [0.29, 0.717) is 28.9 Å². The van der Waals surface area contributed by atoms with Crippen LogP contribution >= 0.6 is 23.8 Å². The van der Waals surface area contributed by atoms with Crippen LogP contribution in [0.1, 0.15) is 12.5 Å². The molecule has 96 valence electrons. The van der Waals surface area contributed by atoms with E-state index < -0.39 is 0 Å². The molecule has 0 aliphatic heterocycles. The van der Waals surface area contributed by atoms with Crippen LogP contribution < -0.4 is 10.5 Å². The number of nitrogens with two attached hydrogens (primary N) is 1. The highest BCUT2D eigenvalue weighted by Gasteiger charge is 2.18. The van der Waals surface area contributed by atoms with E-state index in [2.05, 4.69) is 10.2 Å². The highest BCUT2D eigenvalue weighted by Crippen LogP contribution is 2.29. The van der Waals surface area contributed by atoms with E-state index in [-0.39, 0.29) is 4.99 Å². The number of ether oxygens (including phenoxy) is 1. The highest BCUT2D eigenvalue weighted by molar-refractivity contribution is 7.80. The predicted molar refractivity (Wildman–Crippen MR) is 72.4 cm³/mol. The minimum Gasteiger partial charge on any atom is -0.477 e. The zero-order valence-electron chi connectivity index (χ0n) is 9.92. The lowest BCUT2D eigenvalue weighted by atomic mass is 10.4. The summed E-state index contributed by atoms with van der Waals surface area (Å²) in [7, 11) is 1.75. The van der Waals surface area contributed by atoms with Crippen LogP contribution in [0.4, 0.5) is 0 Å². The van der Waals surface area contributed by atoms with Crippen LogP contribution in [0.2, 0.25) is 5.02 Å². The Kier molecular flexibility index (Phi) is 3.53. The molecule has 2 aromatic heterocycles. The molecule has 0 aliphatic carbocycles. The number of halogens is 1. The summed E-state index contributed by atoms with van der Waals surface area (Å²) in [6.45, 7) is 2.39. The van der Waals surface area contributed by atoms with E-state index >= 15 is 0 Å². The summed E-state index contributed by atoms with van der Waals surface area (Å²) in [5, 5.41) is 8.76. The third kappa shape index (κ3) is 2.19. The second kappa shape index (κ2) is 4.95. The predicted octanol–water partition coefficient (Wildman–Crippen LogP) is 1.29. The van der Waals surface area contributed by atoms with Crippen LogP contribution in [0.5, 0.6) is 5.88 Å². The van der Waals surface area contributed by atoms with Gasteiger partial charge in [-0.2, -0.15) is 5.10 Å². The largest absolute Gasteiger partial charge is 0.477 e. The van der Waals surface area contributed by atoms with Gasteiger partial charge in [-0.25, -0.2) is 9.36 Å². The topological polar surface area (TPSA) is 70.9 Å². The maximum absolute atomic E-state index is 6.20. The van der Waals surface area contributed by atoms with E-state index in [1.54, 1.807) is 24.1 Å². The van der Waals surface area contributed by atoms with E-state index in [1.807, 2.05) is 6.92 Å². The van der Waals surface area contributed by atoms with Crippen LogP contribution in [0.15, 0.2) is 12.4 Å². The van der Waals surface area contributed by atoms with Gasteiger partial charge in [-0.15, -0.1) is 5.10 Å². The van der Waals surface area contributed by atoms with Crippen molar-refractivity contribution in [2.24, 2.45) is 12.8 Å². The molecule has 0 unspecified atom stereocenters. The number of aromatic nitrogens is 4. The number of hydrogen-bond donors (Lipinski definition) is 1. The Morgan fingerprint density at radius 2 is 2.33 bits per heavy atom. The Bertz CT molecular complexity index is 591. The van der Waals surface area contributed by atoms with Crippen LogP contribution in [0, 0.1) is 0 Å². The molecular formula is C10H12ClN5OS. The van der Waals surface area contributed by atoms with Crippen LogP contribution in [0.25, 0.3) is 5.82 Å². The molecule has 0 fully saturated rings. The second-order valence-corrected chi connectivity index (χ2v) is 4.35. The molecule has 2 heterocycles. The fourth-order valence-corrected chi connectivity index (χ4v) is 1.88. The summed E-state index contributed by atoms with van der Waals surface area (Å²) in [4.78, 5) is 0.276. The lowest BCUT2D eigenvalue weighted by molar-refractivity contribution is 0.309. The van der Waals surface area contributed by atoms with Gasteiger partial charge in [-0.3, -0.25) is 0 Å². The Morgan fingerprint density at radius 3 is 2.89 bits per heavy atom. The van der Waals surface area contributed by atoms with Gasteiger partial charge in [0.15, 0.2) is 5.82 Å². The van der Waals surface area contributed by atoms with Crippen molar-refractivity contribution in [2.75, 3.05) is 6.61 Å². The van der Waals surface area contributed by atoms with Crippen molar-refractivity contribution in [1.82, 2.24) is 19.6 Å². The highest BCUT2D eigenvalue weighted by atomic mass is 35.5. The first kappa shape index (κ1) is 12.8. The summed E-state index contributed by atoms with van der Waals surface area (Å²) in [5.74, 6) is 0.978. The number of thiocarbonyl (C=S) groups is 1. The monoisotopic (exact) mass is 285 g/mol. The quantitative estimate of drug-likeness (QED) is 0.857. The molecule has 0 amide bonds. The van der Waals surface area contributed by atoms with Crippen molar-refractivity contribution in [3.05, 3.63) is 23.0 Å². The van der Waals surface area contributed by atoms with Crippen molar-refractivity contribution >= 4 is 28.8 Å². The van der Waals surface area contributed by atoms with Crippen molar-refractivity contribution < 1.29 is 4.74 Å². The molecule has 0 aromatic carbocycles. The average molecular weight is 286 g/mol. The Balaban J connectivity index is 2.44. The summed E-state index contributed by atoms with van der Waals surface area (Å²) in [5.41, 5.74) is 6.18. The Hall–Kier alpha value is -1.60.